The molecule has 1 N–H and O–H groups in total. The lowest BCUT2D eigenvalue weighted by Crippen LogP contribution is -2.36. The van der Waals surface area contributed by atoms with E-state index >= 15 is 0 Å². The van der Waals surface area contributed by atoms with Crippen LogP contribution in [0.15, 0.2) is 36.4 Å². The largest absolute Gasteiger partial charge is 0.369 e. The van der Waals surface area contributed by atoms with Crippen molar-refractivity contribution in [3.63, 3.8) is 0 Å². The lowest BCUT2D eigenvalue weighted by molar-refractivity contribution is -0.117. The van der Waals surface area contributed by atoms with E-state index in [0.29, 0.717) is 26.3 Å². The van der Waals surface area contributed by atoms with Crippen LogP contribution in [0.3, 0.4) is 0 Å². The fourth-order valence-electron chi connectivity index (χ4n) is 3.26. The van der Waals surface area contributed by atoms with Crippen molar-refractivity contribution in [1.29, 1.82) is 5.26 Å². The van der Waals surface area contributed by atoms with E-state index < -0.39 is 0 Å². The number of anilines is 2. The third-order valence-corrected chi connectivity index (χ3v) is 5.41. The lowest BCUT2D eigenvalue weighted by Gasteiger charge is -2.24. The van der Waals surface area contributed by atoms with Crippen molar-refractivity contribution < 1.29 is 4.79 Å². The summed E-state index contributed by atoms with van der Waals surface area (Å²) in [6.07, 6.45) is 0.898. The van der Waals surface area contributed by atoms with E-state index in [0.717, 1.165) is 38.3 Å². The van der Waals surface area contributed by atoms with Gasteiger partial charge in [-0.2, -0.15) is 5.26 Å². The van der Waals surface area contributed by atoms with Gasteiger partial charge in [-0.05, 0) is 30.7 Å². The number of amides is 1. The fraction of sp³-hybridized carbons (Fsp3) is 0.300. The van der Waals surface area contributed by atoms with Crippen molar-refractivity contribution in [3.05, 3.63) is 57.0 Å². The molecule has 2 aromatic rings. The number of halogens is 3. The number of para-hydroxylation sites is 1. The zero-order chi connectivity index (χ0) is 20.1. The fourth-order valence-corrected chi connectivity index (χ4v) is 4.17. The summed E-state index contributed by atoms with van der Waals surface area (Å²) >= 11 is 18.2. The van der Waals surface area contributed by atoms with Crippen molar-refractivity contribution >= 4 is 52.1 Å². The highest BCUT2D eigenvalue weighted by Crippen LogP contribution is 2.33. The number of rotatable bonds is 4. The minimum absolute atomic E-state index is 0.183. The lowest BCUT2D eigenvalue weighted by atomic mass is 10.1. The summed E-state index contributed by atoms with van der Waals surface area (Å²) in [6, 6.07) is 12.9. The Hall–Kier alpha value is -1.97. The zero-order valence-corrected chi connectivity index (χ0v) is 17.4. The molecule has 1 aliphatic rings. The van der Waals surface area contributed by atoms with Crippen LogP contribution in [-0.2, 0) is 4.79 Å². The summed E-state index contributed by atoms with van der Waals surface area (Å²) < 4.78 is 0. The normalized spacial score (nSPS) is 15.0. The number of hydrogen-bond donors (Lipinski definition) is 1. The molecule has 1 saturated heterocycles. The van der Waals surface area contributed by atoms with E-state index in [2.05, 4.69) is 21.2 Å². The van der Waals surface area contributed by atoms with Gasteiger partial charge in [0.1, 0.15) is 6.07 Å². The number of carbonyl (C=O) groups excluding carboxylic acids is 1. The predicted molar refractivity (Wildman–Crippen MR) is 115 cm³/mol. The molecule has 0 spiro atoms. The molecule has 0 aromatic heterocycles. The molecule has 0 aliphatic carbocycles. The number of nitrogens with one attached hydrogen (secondary N) is 1. The van der Waals surface area contributed by atoms with Gasteiger partial charge in [0.25, 0.3) is 0 Å². The van der Waals surface area contributed by atoms with Gasteiger partial charge in [0, 0.05) is 31.2 Å². The molecule has 0 saturated carbocycles. The van der Waals surface area contributed by atoms with Crippen LogP contribution in [0.5, 0.6) is 0 Å². The average Bonchev–Trinajstić information content (AvgIpc) is 2.90. The second-order valence-corrected chi connectivity index (χ2v) is 7.79. The molecule has 0 unspecified atom stereocenters. The van der Waals surface area contributed by atoms with Crippen molar-refractivity contribution in [3.8, 4) is 6.07 Å². The van der Waals surface area contributed by atoms with Crippen LogP contribution >= 0.6 is 34.8 Å². The van der Waals surface area contributed by atoms with Gasteiger partial charge in [-0.15, -0.1) is 0 Å². The van der Waals surface area contributed by atoms with Gasteiger partial charge >= 0.3 is 0 Å². The van der Waals surface area contributed by atoms with Crippen LogP contribution < -0.4 is 10.2 Å². The first-order chi connectivity index (χ1) is 13.5. The molecule has 0 atom stereocenters. The highest BCUT2D eigenvalue weighted by Gasteiger charge is 2.20. The molecule has 0 radical (unpaired) electrons. The van der Waals surface area contributed by atoms with Crippen molar-refractivity contribution in [2.24, 2.45) is 0 Å². The summed E-state index contributed by atoms with van der Waals surface area (Å²) in [5, 5.41) is 13.1. The molecular formula is C20H19Cl3N4O. The first-order valence-corrected chi connectivity index (χ1v) is 10.0. The highest BCUT2D eigenvalue weighted by atomic mass is 35.5. The Morgan fingerprint density at radius 1 is 1.07 bits per heavy atom. The number of nitriles is 1. The predicted octanol–water partition coefficient (Wildman–Crippen LogP) is 4.67. The molecule has 5 nitrogen and oxygen atoms in total. The van der Waals surface area contributed by atoms with E-state index in [-0.39, 0.29) is 12.5 Å². The van der Waals surface area contributed by atoms with E-state index in [4.69, 9.17) is 34.8 Å². The molecule has 1 amide bonds. The van der Waals surface area contributed by atoms with Crippen LogP contribution in [0.4, 0.5) is 11.4 Å². The van der Waals surface area contributed by atoms with Crippen LogP contribution in [0.2, 0.25) is 15.1 Å². The molecule has 146 valence electrons. The number of carbonyl (C=O) groups is 1. The standard InChI is InChI=1S/C20H19Cl3N4O/c21-15-10-16(22)20(17(23)11-15)25-19(28)13-26-6-3-7-27(9-8-26)18-5-2-1-4-14(18)12-24/h1-2,4-5,10-11H,3,6-9,13H2,(H,25,28). The number of nitrogens with zero attached hydrogens (tertiary/aromatic N) is 3. The van der Waals surface area contributed by atoms with Crippen LogP contribution in [0, 0.1) is 11.3 Å². The Morgan fingerprint density at radius 2 is 1.79 bits per heavy atom. The Labute approximate surface area is 179 Å². The summed E-state index contributed by atoms with van der Waals surface area (Å²) in [5.41, 5.74) is 1.98. The van der Waals surface area contributed by atoms with Crippen LogP contribution in [0.1, 0.15) is 12.0 Å². The molecule has 2 aromatic carbocycles. The number of hydrogen-bond acceptors (Lipinski definition) is 4. The van der Waals surface area contributed by atoms with Gasteiger partial charge in [-0.25, -0.2) is 0 Å². The van der Waals surface area contributed by atoms with Gasteiger partial charge in [-0.1, -0.05) is 46.9 Å². The molecule has 8 heteroatoms. The van der Waals surface area contributed by atoms with Gasteiger partial charge in [-0.3, -0.25) is 9.69 Å². The molecular weight excluding hydrogens is 419 g/mol. The zero-order valence-electron chi connectivity index (χ0n) is 15.1. The van der Waals surface area contributed by atoms with Gasteiger partial charge in [0.2, 0.25) is 5.91 Å². The maximum absolute atomic E-state index is 12.5. The Kier molecular flexibility index (Phi) is 7.03. The second-order valence-electron chi connectivity index (χ2n) is 6.54. The maximum Gasteiger partial charge on any atom is 0.238 e. The summed E-state index contributed by atoms with van der Waals surface area (Å²) in [6.45, 7) is 3.33. The summed E-state index contributed by atoms with van der Waals surface area (Å²) in [5.74, 6) is -0.183. The smallest absolute Gasteiger partial charge is 0.238 e. The first-order valence-electron chi connectivity index (χ1n) is 8.89. The van der Waals surface area contributed by atoms with E-state index in [9.17, 15) is 10.1 Å². The van der Waals surface area contributed by atoms with Crippen molar-refractivity contribution in [1.82, 2.24) is 4.90 Å². The molecule has 3 rings (SSSR count). The minimum atomic E-state index is -0.183. The topological polar surface area (TPSA) is 59.4 Å². The molecule has 28 heavy (non-hydrogen) atoms. The highest BCUT2D eigenvalue weighted by molar-refractivity contribution is 6.42. The van der Waals surface area contributed by atoms with E-state index in [1.807, 2.05) is 24.3 Å². The molecule has 0 bridgehead atoms. The SMILES string of the molecule is N#Cc1ccccc1N1CCCN(CC(=O)Nc2c(Cl)cc(Cl)cc2Cl)CC1. The summed E-state index contributed by atoms with van der Waals surface area (Å²) in [4.78, 5) is 16.8. The first kappa shape index (κ1) is 20.8. The van der Waals surface area contributed by atoms with Crippen LogP contribution in [0.25, 0.3) is 0 Å². The van der Waals surface area contributed by atoms with E-state index in [1.54, 1.807) is 12.1 Å². The third-order valence-electron chi connectivity index (χ3n) is 4.59. The van der Waals surface area contributed by atoms with Gasteiger partial charge in [0.15, 0.2) is 0 Å². The Morgan fingerprint density at radius 3 is 2.50 bits per heavy atom. The summed E-state index contributed by atoms with van der Waals surface area (Å²) in [7, 11) is 0. The van der Waals surface area contributed by atoms with Crippen LogP contribution in [-0.4, -0.2) is 43.5 Å². The Bertz CT molecular complexity index is 890. The van der Waals surface area contributed by atoms with Crippen molar-refractivity contribution in [2.75, 3.05) is 42.9 Å². The second kappa shape index (κ2) is 9.49. The molecule has 1 fully saturated rings. The van der Waals surface area contributed by atoms with Crippen molar-refractivity contribution in [2.45, 2.75) is 6.42 Å². The van der Waals surface area contributed by atoms with Gasteiger partial charge in [0.05, 0.1) is 33.5 Å². The Balaban J connectivity index is 1.61. The third kappa shape index (κ3) is 5.09. The average molecular weight is 438 g/mol. The number of benzene rings is 2. The van der Waals surface area contributed by atoms with Gasteiger partial charge < -0.3 is 10.2 Å². The maximum atomic E-state index is 12.5. The molecule has 1 aliphatic heterocycles. The van der Waals surface area contributed by atoms with E-state index in [1.165, 1.54) is 0 Å². The monoisotopic (exact) mass is 436 g/mol. The molecule has 1 heterocycles. The quantitative estimate of drug-likeness (QED) is 0.755. The minimum Gasteiger partial charge on any atom is -0.369 e.